The third-order valence-electron chi connectivity index (χ3n) is 9.08. The average molecular weight is 815 g/mol. The minimum Gasteiger partial charge on any atom is -1.00 e. The number of aliphatic carboxylic acids is 4. The molecule has 0 fully saturated rings. The fraction of sp³-hybridized carbons (Fsp3) is 0.850. The van der Waals surface area contributed by atoms with Gasteiger partial charge in [0.15, 0.2) is 0 Å². The number of amides is 2. The average Bonchev–Trinajstić information content (AvgIpc) is 3.09. The summed E-state index contributed by atoms with van der Waals surface area (Å²) in [4.78, 5) is 66.5. The van der Waals surface area contributed by atoms with Gasteiger partial charge in [0.05, 0.1) is 0 Å². The van der Waals surface area contributed by atoms with Crippen molar-refractivity contribution >= 4 is 35.7 Å². The maximum atomic E-state index is 11.8. The molecule has 2 amide bonds. The molecule has 0 spiro atoms. The molecule has 6 N–H and O–H groups in total. The summed E-state index contributed by atoms with van der Waals surface area (Å²) in [5, 5.41) is 40.0. The Morgan fingerprint density at radius 1 is 0.382 bits per heavy atom. The van der Waals surface area contributed by atoms with Gasteiger partial charge in [-0.3, -0.25) is 19.2 Å². The molecule has 0 aliphatic rings. The fourth-order valence-electron chi connectivity index (χ4n) is 5.84. The van der Waals surface area contributed by atoms with Crippen molar-refractivity contribution < 1.29 is 142 Å². The summed E-state index contributed by atoms with van der Waals surface area (Å²) in [6.45, 7) is 4.45. The maximum Gasteiger partial charge on any atom is 1.00 e. The number of carboxylic acids is 4. The number of nitrogens with one attached hydrogen (secondary N) is 2. The minimum absolute atomic E-state index is 0. The van der Waals surface area contributed by atoms with Crippen LogP contribution in [0.5, 0.6) is 0 Å². The summed E-state index contributed by atoms with van der Waals surface area (Å²) >= 11 is 0. The largest absolute Gasteiger partial charge is 1.00 e. The summed E-state index contributed by atoms with van der Waals surface area (Å²) in [6.07, 6.45) is 29.1. The molecule has 0 aliphatic heterocycles. The summed E-state index contributed by atoms with van der Waals surface area (Å²) in [7, 11) is 0. The number of carboxylic acid groups (broad SMARTS) is 4. The first kappa shape index (κ1) is 64.0. The second-order valence-electron chi connectivity index (χ2n) is 14.1. The number of hydrogen-bond donors (Lipinski definition) is 6. The second kappa shape index (κ2) is 48.2. The number of rotatable bonds is 36. The molecule has 15 heteroatoms. The third-order valence-corrected chi connectivity index (χ3v) is 9.08. The molecule has 0 bridgehead atoms. The van der Waals surface area contributed by atoms with Crippen LogP contribution >= 0.6 is 0 Å². The van der Waals surface area contributed by atoms with Crippen LogP contribution in [0.1, 0.15) is 211 Å². The molecule has 2 unspecified atom stereocenters. The van der Waals surface area contributed by atoms with E-state index in [4.69, 9.17) is 20.4 Å². The van der Waals surface area contributed by atoms with Crippen LogP contribution in [-0.2, 0) is 28.8 Å². The van der Waals surface area contributed by atoms with Gasteiger partial charge >= 0.3 is 113 Å². The third kappa shape index (κ3) is 49.9. The van der Waals surface area contributed by atoms with E-state index in [9.17, 15) is 28.8 Å². The second-order valence-corrected chi connectivity index (χ2v) is 14.1. The smallest absolute Gasteiger partial charge is 1.00 e. The molecular formula is C40H77N2Na3O10. The molecule has 2 atom stereocenters. The maximum absolute atomic E-state index is 11.8. The van der Waals surface area contributed by atoms with Crippen LogP contribution in [0.2, 0.25) is 0 Å². The van der Waals surface area contributed by atoms with Crippen molar-refractivity contribution in [3.05, 3.63) is 0 Å². The van der Waals surface area contributed by atoms with Crippen molar-refractivity contribution in [2.45, 2.75) is 219 Å². The van der Waals surface area contributed by atoms with Crippen LogP contribution < -0.4 is 99.3 Å². The van der Waals surface area contributed by atoms with Crippen molar-refractivity contribution in [2.75, 3.05) is 0 Å². The van der Waals surface area contributed by atoms with Crippen LogP contribution in [0.25, 0.3) is 0 Å². The Labute approximate surface area is 403 Å². The zero-order valence-corrected chi connectivity index (χ0v) is 41.6. The zero-order chi connectivity index (χ0) is 39.2. The Balaban J connectivity index is -0.000000133. The fourth-order valence-corrected chi connectivity index (χ4v) is 5.84. The Kier molecular flexibility index (Phi) is 56.1. The molecule has 0 saturated carbocycles. The quantitative estimate of drug-likeness (QED) is 0.0379. The standard InChI is InChI=1S/C23H43NO5.C17H31NO5.3Na.3H/c1-2-3-4-5-6-7-8-9-10-11-12-13-14-15-16-17-21(25)24-20(23(28)29)18-19-22(26)27;1-2-3-4-5-6-7-8-9-10-11-15(19)18-14(17(22)23)12-13-16(20)21;;;;;;/h20H,2-19H2,1H3,(H,24,25)(H,26,27)(H,28,29);14H,2-13H2,1H3,(H,18,19)(H,20,21)(H,22,23);;;;;;/q;;3*+1;3*-1. The normalized spacial score (nSPS) is 11.2. The van der Waals surface area contributed by atoms with E-state index in [0.29, 0.717) is 12.8 Å². The molecule has 0 aromatic carbocycles. The Morgan fingerprint density at radius 3 is 0.800 bits per heavy atom. The summed E-state index contributed by atoms with van der Waals surface area (Å²) in [5.74, 6) is -5.12. The Hall–Kier alpha value is -0.180. The van der Waals surface area contributed by atoms with Crippen LogP contribution in [0.15, 0.2) is 0 Å². The molecule has 55 heavy (non-hydrogen) atoms. The van der Waals surface area contributed by atoms with Gasteiger partial charge in [0.2, 0.25) is 11.8 Å². The van der Waals surface area contributed by atoms with Crippen LogP contribution in [-0.4, -0.2) is 68.2 Å². The van der Waals surface area contributed by atoms with Crippen molar-refractivity contribution in [1.29, 1.82) is 0 Å². The first-order chi connectivity index (χ1) is 24.9. The summed E-state index contributed by atoms with van der Waals surface area (Å²) in [5.41, 5.74) is 0. The van der Waals surface area contributed by atoms with Crippen LogP contribution in [0, 0.1) is 0 Å². The van der Waals surface area contributed by atoms with E-state index in [2.05, 4.69) is 24.5 Å². The number of carbonyl (C=O) groups excluding carboxylic acids is 2. The number of unbranched alkanes of at least 4 members (excludes halogenated alkanes) is 22. The van der Waals surface area contributed by atoms with Gasteiger partial charge in [-0.1, -0.05) is 155 Å². The molecule has 0 aromatic heterocycles. The monoisotopic (exact) mass is 815 g/mol. The van der Waals surface area contributed by atoms with Gasteiger partial charge < -0.3 is 35.3 Å². The van der Waals surface area contributed by atoms with E-state index in [-0.39, 0.29) is 130 Å². The Bertz CT molecular complexity index is 977. The molecule has 0 aromatic rings. The molecule has 0 aliphatic carbocycles. The molecular weight excluding hydrogens is 737 g/mol. The van der Waals surface area contributed by atoms with Gasteiger partial charge in [0, 0.05) is 25.7 Å². The minimum atomic E-state index is -1.19. The molecule has 0 heterocycles. The molecule has 0 rings (SSSR count). The van der Waals surface area contributed by atoms with Crippen LogP contribution in [0.4, 0.5) is 0 Å². The van der Waals surface area contributed by atoms with Gasteiger partial charge in [-0.05, 0) is 25.7 Å². The van der Waals surface area contributed by atoms with Crippen molar-refractivity contribution in [2.24, 2.45) is 0 Å². The first-order valence-corrected chi connectivity index (χ1v) is 20.4. The number of carbonyl (C=O) groups is 6. The van der Waals surface area contributed by atoms with Gasteiger partial charge in [0.1, 0.15) is 12.1 Å². The molecule has 0 radical (unpaired) electrons. The molecule has 310 valence electrons. The van der Waals surface area contributed by atoms with Crippen LogP contribution in [0.3, 0.4) is 0 Å². The van der Waals surface area contributed by atoms with Crippen molar-refractivity contribution in [3.63, 3.8) is 0 Å². The molecule has 0 saturated heterocycles. The predicted molar refractivity (Wildman–Crippen MR) is 208 cm³/mol. The van der Waals surface area contributed by atoms with Gasteiger partial charge in [-0.2, -0.15) is 0 Å². The van der Waals surface area contributed by atoms with Gasteiger partial charge in [0.25, 0.3) is 0 Å². The van der Waals surface area contributed by atoms with E-state index >= 15 is 0 Å². The van der Waals surface area contributed by atoms with Crippen molar-refractivity contribution in [3.8, 4) is 0 Å². The van der Waals surface area contributed by atoms with Gasteiger partial charge in [-0.15, -0.1) is 0 Å². The Morgan fingerprint density at radius 2 is 0.600 bits per heavy atom. The summed E-state index contributed by atoms with van der Waals surface area (Å²) in [6, 6.07) is -2.23. The van der Waals surface area contributed by atoms with E-state index in [0.717, 1.165) is 38.5 Å². The van der Waals surface area contributed by atoms with E-state index in [1.165, 1.54) is 116 Å². The van der Waals surface area contributed by atoms with E-state index < -0.39 is 36.0 Å². The SMILES string of the molecule is CCCCCCCCCCCC(=O)NC(CCC(=O)O)C(=O)O.CCCCCCCCCCCCCCCCCC(=O)NC(CCC(=O)O)C(=O)O.[H-].[H-].[H-].[Na+].[Na+].[Na+]. The van der Waals surface area contributed by atoms with Crippen molar-refractivity contribution in [1.82, 2.24) is 10.6 Å². The summed E-state index contributed by atoms with van der Waals surface area (Å²) < 4.78 is 0. The van der Waals surface area contributed by atoms with E-state index in [1.54, 1.807) is 0 Å². The predicted octanol–water partition coefficient (Wildman–Crippen LogP) is 0.373. The molecule has 12 nitrogen and oxygen atoms in total. The topological polar surface area (TPSA) is 207 Å². The van der Waals surface area contributed by atoms with Gasteiger partial charge in [-0.25, -0.2) is 9.59 Å². The van der Waals surface area contributed by atoms with E-state index in [1.807, 2.05) is 0 Å². The number of hydrogen-bond acceptors (Lipinski definition) is 6. The zero-order valence-electron chi connectivity index (χ0n) is 38.6. The first-order valence-electron chi connectivity index (χ1n) is 20.4.